The van der Waals surface area contributed by atoms with Crippen molar-refractivity contribution in [3.05, 3.63) is 0 Å². The van der Waals surface area contributed by atoms with E-state index in [0.717, 1.165) is 38.5 Å². The summed E-state index contributed by atoms with van der Waals surface area (Å²) >= 11 is 11.0. The molecule has 0 aromatic heterocycles. The van der Waals surface area contributed by atoms with E-state index in [0.29, 0.717) is 12.8 Å². The van der Waals surface area contributed by atoms with E-state index in [9.17, 15) is 19.2 Å². The Balaban J connectivity index is 2.21. The van der Waals surface area contributed by atoms with Gasteiger partial charge in [0.2, 0.25) is 23.6 Å². The number of hydrogen-bond acceptors (Lipinski definition) is 6. The fourth-order valence-corrected chi connectivity index (χ4v) is 8.50. The van der Waals surface area contributed by atoms with Gasteiger partial charge in [-0.25, -0.2) is 0 Å². The van der Waals surface area contributed by atoms with Gasteiger partial charge >= 0.3 is 0 Å². The fraction of sp³-hybridized carbons (Fsp3) is 0.850. The second kappa shape index (κ2) is 22.9. The molecular formula is C40H70N4O4S2. The SMILES string of the molecule is CCCCCCCCCCCCCCC1(C2(CCCCCCCCCCCCCC)C(=O)N(C)C(=S)N(C)C2=O)C(=O)N(C)C(=S)N(C)C1=O. The number of carbonyl (C=O) groups is 4. The van der Waals surface area contributed by atoms with Crippen LogP contribution in [0, 0.1) is 10.8 Å². The molecule has 0 spiro atoms. The molecule has 2 aliphatic rings. The largest absolute Gasteiger partial charge is 0.291 e. The van der Waals surface area contributed by atoms with Gasteiger partial charge in [0, 0.05) is 28.2 Å². The number of amides is 4. The van der Waals surface area contributed by atoms with E-state index >= 15 is 0 Å². The van der Waals surface area contributed by atoms with Gasteiger partial charge in [0.05, 0.1) is 0 Å². The normalized spacial score (nSPS) is 17.9. The second-order valence-electron chi connectivity index (χ2n) is 15.1. The van der Waals surface area contributed by atoms with E-state index in [1.54, 1.807) is 28.2 Å². The van der Waals surface area contributed by atoms with Crippen molar-refractivity contribution in [2.75, 3.05) is 28.2 Å². The van der Waals surface area contributed by atoms with E-state index in [1.807, 2.05) is 0 Å². The minimum atomic E-state index is -1.90. The highest BCUT2D eigenvalue weighted by Gasteiger charge is 2.74. The Hall–Kier alpha value is -1.94. The van der Waals surface area contributed by atoms with Crippen LogP contribution >= 0.6 is 24.4 Å². The Bertz CT molecular complexity index is 995. The predicted octanol–water partition coefficient (Wildman–Crippen LogP) is 9.57. The van der Waals surface area contributed by atoms with Gasteiger partial charge in [0.1, 0.15) is 0 Å². The van der Waals surface area contributed by atoms with Crippen LogP contribution in [0.15, 0.2) is 0 Å². The van der Waals surface area contributed by atoms with E-state index < -0.39 is 34.5 Å². The highest BCUT2D eigenvalue weighted by Crippen LogP contribution is 2.54. The summed E-state index contributed by atoms with van der Waals surface area (Å²) in [4.78, 5) is 63.5. The molecule has 50 heavy (non-hydrogen) atoms. The number of carbonyl (C=O) groups excluding carboxylic acids is 4. The smallest absolute Gasteiger partial charge is 0.245 e. The van der Waals surface area contributed by atoms with Crippen LogP contribution in [-0.4, -0.2) is 81.6 Å². The van der Waals surface area contributed by atoms with Crippen molar-refractivity contribution in [3.63, 3.8) is 0 Å². The average molecular weight is 735 g/mol. The lowest BCUT2D eigenvalue weighted by molar-refractivity contribution is -0.185. The van der Waals surface area contributed by atoms with Gasteiger partial charge in [-0.2, -0.15) is 0 Å². The van der Waals surface area contributed by atoms with Crippen LogP contribution in [0.5, 0.6) is 0 Å². The summed E-state index contributed by atoms with van der Waals surface area (Å²) in [6.07, 6.45) is 27.5. The monoisotopic (exact) mass is 734 g/mol. The number of hydrogen-bond donors (Lipinski definition) is 0. The molecular weight excluding hydrogens is 665 g/mol. The minimum absolute atomic E-state index is 0.0822. The number of thiocarbonyl (C=S) groups is 2. The van der Waals surface area contributed by atoms with Crippen LogP contribution in [0.2, 0.25) is 0 Å². The molecule has 0 aromatic rings. The molecule has 2 rings (SSSR count). The minimum Gasteiger partial charge on any atom is -0.291 e. The molecule has 2 fully saturated rings. The summed E-state index contributed by atoms with van der Waals surface area (Å²) in [5.41, 5.74) is -3.80. The first-order valence-corrected chi connectivity index (χ1v) is 21.0. The fourth-order valence-electron chi connectivity index (χ4n) is 8.17. The van der Waals surface area contributed by atoms with Gasteiger partial charge in [-0.3, -0.25) is 38.8 Å². The van der Waals surface area contributed by atoms with Crippen molar-refractivity contribution in [2.45, 2.75) is 181 Å². The van der Waals surface area contributed by atoms with Crippen LogP contribution in [-0.2, 0) is 19.2 Å². The quantitative estimate of drug-likeness (QED) is 0.0475. The van der Waals surface area contributed by atoms with E-state index in [4.69, 9.17) is 24.4 Å². The predicted molar refractivity (Wildman–Crippen MR) is 213 cm³/mol. The molecule has 2 aliphatic heterocycles. The van der Waals surface area contributed by atoms with Gasteiger partial charge in [0.15, 0.2) is 21.1 Å². The van der Waals surface area contributed by atoms with Gasteiger partial charge in [-0.1, -0.05) is 168 Å². The first kappa shape index (κ1) is 44.2. The molecule has 0 bridgehead atoms. The zero-order valence-electron chi connectivity index (χ0n) is 32.6. The Morgan fingerprint density at radius 3 is 0.740 bits per heavy atom. The molecule has 0 aliphatic carbocycles. The first-order chi connectivity index (χ1) is 24.0. The molecule has 0 aromatic carbocycles. The maximum atomic E-state index is 14.6. The number of nitrogens with zero attached hydrogens (tertiary/aromatic N) is 4. The summed E-state index contributed by atoms with van der Waals surface area (Å²) < 4.78 is 0. The van der Waals surface area contributed by atoms with Crippen molar-refractivity contribution in [1.82, 2.24) is 19.6 Å². The van der Waals surface area contributed by atoms with Crippen LogP contribution in [0.25, 0.3) is 0 Å². The molecule has 286 valence electrons. The number of unbranched alkanes of at least 4 members (excludes halogenated alkanes) is 22. The topological polar surface area (TPSA) is 81.2 Å². The Labute approximate surface area is 315 Å². The molecule has 4 amide bonds. The lowest BCUT2D eigenvalue weighted by Gasteiger charge is -2.55. The van der Waals surface area contributed by atoms with E-state index in [2.05, 4.69) is 13.8 Å². The third kappa shape index (κ3) is 10.8. The maximum Gasteiger partial charge on any atom is 0.245 e. The van der Waals surface area contributed by atoms with Crippen molar-refractivity contribution < 1.29 is 19.2 Å². The molecule has 0 N–H and O–H groups in total. The van der Waals surface area contributed by atoms with Crippen molar-refractivity contribution in [3.8, 4) is 0 Å². The Morgan fingerprint density at radius 2 is 0.540 bits per heavy atom. The first-order valence-electron chi connectivity index (χ1n) is 20.2. The van der Waals surface area contributed by atoms with Crippen LogP contribution < -0.4 is 0 Å². The Kier molecular flexibility index (Phi) is 20.2. The summed E-state index contributed by atoms with van der Waals surface area (Å²) in [5, 5.41) is 0.164. The highest BCUT2D eigenvalue weighted by atomic mass is 32.1. The highest BCUT2D eigenvalue weighted by molar-refractivity contribution is 7.80. The number of rotatable bonds is 27. The zero-order valence-corrected chi connectivity index (χ0v) is 34.3. The van der Waals surface area contributed by atoms with Crippen molar-refractivity contribution in [2.24, 2.45) is 10.8 Å². The van der Waals surface area contributed by atoms with Crippen LogP contribution in [0.4, 0.5) is 0 Å². The van der Waals surface area contributed by atoms with Gasteiger partial charge in [-0.15, -0.1) is 0 Å². The molecule has 0 unspecified atom stereocenters. The van der Waals surface area contributed by atoms with Gasteiger partial charge in [0.25, 0.3) is 0 Å². The van der Waals surface area contributed by atoms with Crippen LogP contribution in [0.3, 0.4) is 0 Å². The van der Waals surface area contributed by atoms with Crippen molar-refractivity contribution in [1.29, 1.82) is 0 Å². The summed E-state index contributed by atoms with van der Waals surface area (Å²) in [7, 11) is 6.21. The summed E-state index contributed by atoms with van der Waals surface area (Å²) in [6.45, 7) is 4.48. The lowest BCUT2D eigenvalue weighted by Crippen LogP contribution is -2.76. The summed E-state index contributed by atoms with van der Waals surface area (Å²) in [5.74, 6) is -2.21. The molecule has 8 nitrogen and oxygen atoms in total. The molecule has 10 heteroatoms. The molecule has 2 saturated heterocycles. The van der Waals surface area contributed by atoms with Crippen LogP contribution in [0.1, 0.15) is 181 Å². The molecule has 0 saturated carbocycles. The Morgan fingerprint density at radius 1 is 0.360 bits per heavy atom. The average Bonchev–Trinajstić information content (AvgIpc) is 3.12. The van der Waals surface area contributed by atoms with E-state index in [-0.39, 0.29) is 23.1 Å². The molecule has 0 atom stereocenters. The zero-order chi connectivity index (χ0) is 37.2. The third-order valence-electron chi connectivity index (χ3n) is 11.4. The maximum absolute atomic E-state index is 14.6. The van der Waals surface area contributed by atoms with Gasteiger partial charge < -0.3 is 0 Å². The van der Waals surface area contributed by atoms with Crippen molar-refractivity contribution >= 4 is 58.3 Å². The van der Waals surface area contributed by atoms with Gasteiger partial charge in [-0.05, 0) is 37.3 Å². The molecule has 2 heterocycles. The lowest BCUT2D eigenvalue weighted by atomic mass is 9.54. The molecule has 0 radical (unpaired) electrons. The van der Waals surface area contributed by atoms with E-state index in [1.165, 1.54) is 122 Å². The summed E-state index contributed by atoms with van der Waals surface area (Å²) in [6, 6.07) is 0. The standard InChI is InChI=1S/C40H70N4O4S2/c1-7-9-11-13-15-17-19-21-23-25-27-29-31-39(33(45)41(3)37(49)42(4)34(39)46)40(35(47)43(5)38(50)44(6)36(40)48)32-30-28-26-24-22-20-18-16-14-12-10-8-2/h7-32H2,1-6H3. The second-order valence-corrected chi connectivity index (χ2v) is 15.8. The third-order valence-corrected chi connectivity index (χ3v) is 12.5.